The number of carbonyl (C=O) groups is 1. The van der Waals surface area contributed by atoms with Crippen LogP contribution in [0.4, 0.5) is 18.9 Å². The number of amides is 1. The Bertz CT molecular complexity index is 715. The van der Waals surface area contributed by atoms with Crippen LogP contribution in [0.2, 0.25) is 0 Å². The SMILES string of the molecule is CCOCC1(O)CCC2(CCN(c3ccc(O[C@@H](C)C(F)(F)F)nc3)C2=O)CC1. The highest BCUT2D eigenvalue weighted by Crippen LogP contribution is 2.48. The van der Waals surface area contributed by atoms with Crippen molar-refractivity contribution in [3.63, 3.8) is 0 Å². The molecule has 1 amide bonds. The van der Waals surface area contributed by atoms with Gasteiger partial charge in [0.05, 0.1) is 29.5 Å². The molecule has 162 valence electrons. The lowest BCUT2D eigenvalue weighted by Gasteiger charge is -2.40. The zero-order chi connectivity index (χ0) is 21.3. The highest BCUT2D eigenvalue weighted by Gasteiger charge is 2.51. The summed E-state index contributed by atoms with van der Waals surface area (Å²) in [5.74, 6) is -0.159. The Balaban J connectivity index is 1.63. The molecule has 2 aliphatic rings. The van der Waals surface area contributed by atoms with Gasteiger partial charge >= 0.3 is 6.18 Å². The van der Waals surface area contributed by atoms with Gasteiger partial charge in [0.1, 0.15) is 0 Å². The van der Waals surface area contributed by atoms with E-state index in [2.05, 4.69) is 4.98 Å². The van der Waals surface area contributed by atoms with Crippen molar-refractivity contribution < 1.29 is 32.5 Å². The lowest BCUT2D eigenvalue weighted by atomic mass is 9.68. The second kappa shape index (κ2) is 8.10. The van der Waals surface area contributed by atoms with Gasteiger partial charge in [0.15, 0.2) is 6.10 Å². The molecule has 1 aliphatic carbocycles. The van der Waals surface area contributed by atoms with Gasteiger partial charge in [0.25, 0.3) is 0 Å². The number of rotatable bonds is 6. The topological polar surface area (TPSA) is 71.9 Å². The molecule has 0 bridgehead atoms. The number of pyridine rings is 1. The Hall–Kier alpha value is -1.87. The molecule has 9 heteroatoms. The fourth-order valence-electron chi connectivity index (χ4n) is 4.01. The maximum atomic E-state index is 13.1. The summed E-state index contributed by atoms with van der Waals surface area (Å²) in [5, 5.41) is 10.6. The maximum absolute atomic E-state index is 13.1. The third-order valence-electron chi connectivity index (χ3n) is 6.02. The Morgan fingerprint density at radius 1 is 1.24 bits per heavy atom. The first-order valence-electron chi connectivity index (χ1n) is 9.90. The van der Waals surface area contributed by atoms with Gasteiger partial charge in [-0.1, -0.05) is 0 Å². The van der Waals surface area contributed by atoms with Crippen LogP contribution >= 0.6 is 0 Å². The quantitative estimate of drug-likeness (QED) is 0.769. The number of hydrogen-bond acceptors (Lipinski definition) is 5. The number of anilines is 1. The molecular weight excluding hydrogens is 389 g/mol. The Labute approximate surface area is 168 Å². The van der Waals surface area contributed by atoms with Crippen LogP contribution in [-0.4, -0.2) is 53.6 Å². The summed E-state index contributed by atoms with van der Waals surface area (Å²) >= 11 is 0. The van der Waals surface area contributed by atoms with E-state index in [4.69, 9.17) is 9.47 Å². The molecule has 1 aliphatic heterocycles. The van der Waals surface area contributed by atoms with Gasteiger partial charge in [-0.25, -0.2) is 4.98 Å². The van der Waals surface area contributed by atoms with Gasteiger partial charge in [-0.2, -0.15) is 13.2 Å². The molecule has 1 aromatic heterocycles. The summed E-state index contributed by atoms with van der Waals surface area (Å²) < 4.78 is 48.0. The third kappa shape index (κ3) is 4.66. The lowest BCUT2D eigenvalue weighted by Crippen LogP contribution is -2.45. The van der Waals surface area contributed by atoms with Crippen molar-refractivity contribution in [2.45, 2.75) is 63.8 Å². The molecule has 2 fully saturated rings. The summed E-state index contributed by atoms with van der Waals surface area (Å²) in [4.78, 5) is 18.7. The van der Waals surface area contributed by atoms with Crippen molar-refractivity contribution >= 4 is 11.6 Å². The fraction of sp³-hybridized carbons (Fsp3) is 0.700. The second-order valence-electron chi connectivity index (χ2n) is 8.00. The molecule has 1 N–H and O–H groups in total. The minimum absolute atomic E-state index is 0.0184. The van der Waals surface area contributed by atoms with Crippen molar-refractivity contribution in [2.24, 2.45) is 5.41 Å². The molecule has 0 unspecified atom stereocenters. The number of aromatic nitrogens is 1. The first-order chi connectivity index (χ1) is 13.6. The molecule has 1 saturated heterocycles. The van der Waals surface area contributed by atoms with Crippen LogP contribution < -0.4 is 9.64 Å². The molecule has 2 heterocycles. The van der Waals surface area contributed by atoms with Crippen LogP contribution in [-0.2, 0) is 9.53 Å². The third-order valence-corrected chi connectivity index (χ3v) is 6.02. The minimum Gasteiger partial charge on any atom is -0.465 e. The lowest BCUT2D eigenvalue weighted by molar-refractivity contribution is -0.189. The van der Waals surface area contributed by atoms with Gasteiger partial charge in [0, 0.05) is 19.2 Å². The van der Waals surface area contributed by atoms with Crippen LogP contribution in [0, 0.1) is 5.41 Å². The number of aliphatic hydroxyl groups is 1. The minimum atomic E-state index is -4.47. The Morgan fingerprint density at radius 2 is 1.93 bits per heavy atom. The Kier molecular flexibility index (Phi) is 6.10. The molecule has 3 rings (SSSR count). The van der Waals surface area contributed by atoms with E-state index in [-0.39, 0.29) is 18.4 Å². The number of alkyl halides is 3. The number of nitrogens with zero attached hydrogens (tertiary/aromatic N) is 2. The molecular formula is C20H27F3N2O4. The second-order valence-corrected chi connectivity index (χ2v) is 8.00. The highest BCUT2D eigenvalue weighted by molar-refractivity contribution is 5.99. The molecule has 0 aromatic carbocycles. The van der Waals surface area contributed by atoms with Gasteiger partial charge < -0.3 is 19.5 Å². The first kappa shape index (κ1) is 21.8. The summed E-state index contributed by atoms with van der Waals surface area (Å²) in [6, 6.07) is 2.90. The highest BCUT2D eigenvalue weighted by atomic mass is 19.4. The smallest absolute Gasteiger partial charge is 0.425 e. The van der Waals surface area contributed by atoms with E-state index >= 15 is 0 Å². The van der Waals surface area contributed by atoms with Gasteiger partial charge in [-0.05, 0) is 52.0 Å². The average Bonchev–Trinajstić information content (AvgIpc) is 2.99. The summed E-state index contributed by atoms with van der Waals surface area (Å²) in [7, 11) is 0. The zero-order valence-electron chi connectivity index (χ0n) is 16.7. The van der Waals surface area contributed by atoms with Crippen LogP contribution in [0.3, 0.4) is 0 Å². The normalized spacial score (nSPS) is 28.8. The van der Waals surface area contributed by atoms with Gasteiger partial charge in [0.2, 0.25) is 11.8 Å². The van der Waals surface area contributed by atoms with Crippen molar-refractivity contribution in [1.82, 2.24) is 4.98 Å². The number of hydrogen-bond donors (Lipinski definition) is 1. The standard InChI is InChI=1S/C20H27F3N2O4/c1-3-28-13-19(27)8-6-18(7-9-19)10-11-25(17(18)26)15-4-5-16(24-12-15)29-14(2)20(21,22)23/h4-5,12,14,27H,3,6-11,13H2,1-2H3/t14-,18?,19?/m0/s1. The van der Waals surface area contributed by atoms with E-state index in [1.807, 2.05) is 6.92 Å². The average molecular weight is 416 g/mol. The molecule has 1 spiro atoms. The van der Waals surface area contributed by atoms with E-state index < -0.39 is 23.3 Å². The van der Waals surface area contributed by atoms with E-state index in [9.17, 15) is 23.1 Å². The van der Waals surface area contributed by atoms with Crippen molar-refractivity contribution in [3.05, 3.63) is 18.3 Å². The van der Waals surface area contributed by atoms with Crippen LogP contribution in [0.1, 0.15) is 46.0 Å². The predicted octanol–water partition coefficient (Wildman–Crippen LogP) is 3.48. The number of halogens is 3. The fourth-order valence-corrected chi connectivity index (χ4v) is 4.01. The van der Waals surface area contributed by atoms with Gasteiger partial charge in [-0.15, -0.1) is 0 Å². The Morgan fingerprint density at radius 3 is 2.48 bits per heavy atom. The molecule has 1 atom stereocenters. The predicted molar refractivity (Wildman–Crippen MR) is 99.7 cm³/mol. The summed E-state index contributed by atoms with van der Waals surface area (Å²) in [6.45, 7) is 4.12. The zero-order valence-corrected chi connectivity index (χ0v) is 16.7. The molecule has 0 radical (unpaired) electrons. The van der Waals surface area contributed by atoms with E-state index in [0.717, 1.165) is 6.92 Å². The molecule has 1 aromatic rings. The van der Waals surface area contributed by atoms with E-state index in [1.165, 1.54) is 12.3 Å². The number of ether oxygens (including phenoxy) is 2. The van der Waals surface area contributed by atoms with Crippen LogP contribution in [0.5, 0.6) is 5.88 Å². The van der Waals surface area contributed by atoms with Crippen molar-refractivity contribution in [1.29, 1.82) is 0 Å². The monoisotopic (exact) mass is 416 g/mol. The maximum Gasteiger partial charge on any atom is 0.425 e. The van der Waals surface area contributed by atoms with Crippen molar-refractivity contribution in [3.8, 4) is 5.88 Å². The first-order valence-corrected chi connectivity index (χ1v) is 9.90. The largest absolute Gasteiger partial charge is 0.465 e. The van der Waals surface area contributed by atoms with Crippen molar-refractivity contribution in [2.75, 3.05) is 24.7 Å². The summed E-state index contributed by atoms with van der Waals surface area (Å²) in [5.41, 5.74) is -0.850. The van der Waals surface area contributed by atoms with Gasteiger partial charge in [-0.3, -0.25) is 4.79 Å². The molecule has 6 nitrogen and oxygen atoms in total. The van der Waals surface area contributed by atoms with Crippen LogP contribution in [0.15, 0.2) is 18.3 Å². The summed E-state index contributed by atoms with van der Waals surface area (Å²) in [6.07, 6.45) is -2.20. The van der Waals surface area contributed by atoms with Crippen LogP contribution in [0.25, 0.3) is 0 Å². The number of carbonyl (C=O) groups excluding carboxylic acids is 1. The van der Waals surface area contributed by atoms with E-state index in [1.54, 1.807) is 11.0 Å². The molecule has 29 heavy (non-hydrogen) atoms. The van der Waals surface area contributed by atoms with E-state index in [0.29, 0.717) is 50.9 Å². The molecule has 1 saturated carbocycles.